The van der Waals surface area contributed by atoms with E-state index in [0.29, 0.717) is 0 Å². The summed E-state index contributed by atoms with van der Waals surface area (Å²) in [5.74, 6) is 0.931. The van der Waals surface area contributed by atoms with E-state index < -0.39 is 0 Å². The van der Waals surface area contributed by atoms with Gasteiger partial charge in [-0.15, -0.1) is 0 Å². The summed E-state index contributed by atoms with van der Waals surface area (Å²) in [5, 5.41) is 3.68. The Hall–Kier alpha value is -0.0800. The molecule has 1 unspecified atom stereocenters. The van der Waals surface area contributed by atoms with Crippen LogP contribution in [0.15, 0.2) is 0 Å². The van der Waals surface area contributed by atoms with E-state index in [9.17, 15) is 0 Å². The largest absolute Gasteiger partial charge is 0.314 e. The number of hydrogen-bond acceptors (Lipinski definition) is 2. The van der Waals surface area contributed by atoms with Crippen LogP contribution in [0.25, 0.3) is 0 Å². The summed E-state index contributed by atoms with van der Waals surface area (Å²) < 4.78 is 0. The third-order valence-electron chi connectivity index (χ3n) is 3.62. The van der Waals surface area contributed by atoms with Crippen molar-refractivity contribution >= 4 is 0 Å². The molecule has 1 heterocycles. The van der Waals surface area contributed by atoms with Crippen molar-refractivity contribution in [3.8, 4) is 0 Å². The Morgan fingerprint density at radius 2 is 2.15 bits per heavy atom. The van der Waals surface area contributed by atoms with Crippen molar-refractivity contribution in [2.24, 2.45) is 5.92 Å². The maximum absolute atomic E-state index is 3.68. The molecule has 13 heavy (non-hydrogen) atoms. The number of nitrogens with zero attached hydrogens (tertiary/aromatic N) is 1. The standard InChI is InChI=1S/C11H22N2/c1-2-13-7-6-10(9-13)8-12-11-4-3-5-11/h10-12H,2-9H2,1H3. The van der Waals surface area contributed by atoms with Crippen LogP contribution in [0.3, 0.4) is 0 Å². The zero-order valence-corrected chi connectivity index (χ0v) is 8.76. The smallest absolute Gasteiger partial charge is 0.00672 e. The van der Waals surface area contributed by atoms with Gasteiger partial charge >= 0.3 is 0 Å². The molecular formula is C11H22N2. The number of likely N-dealkylation sites (tertiary alicyclic amines) is 1. The Bertz CT molecular complexity index is 154. The Morgan fingerprint density at radius 1 is 1.31 bits per heavy atom. The van der Waals surface area contributed by atoms with E-state index in [2.05, 4.69) is 17.1 Å². The van der Waals surface area contributed by atoms with Gasteiger partial charge in [-0.2, -0.15) is 0 Å². The molecule has 1 aliphatic carbocycles. The van der Waals surface area contributed by atoms with Crippen LogP contribution in [0.5, 0.6) is 0 Å². The number of hydrogen-bond donors (Lipinski definition) is 1. The number of rotatable bonds is 4. The lowest BCUT2D eigenvalue weighted by Crippen LogP contribution is -2.38. The molecule has 2 fully saturated rings. The molecule has 1 saturated carbocycles. The van der Waals surface area contributed by atoms with Crippen LogP contribution in [-0.2, 0) is 0 Å². The van der Waals surface area contributed by atoms with Gasteiger partial charge in [-0.3, -0.25) is 0 Å². The highest BCUT2D eigenvalue weighted by atomic mass is 15.1. The van der Waals surface area contributed by atoms with E-state index in [1.807, 2.05) is 0 Å². The first-order valence-electron chi connectivity index (χ1n) is 5.84. The van der Waals surface area contributed by atoms with Gasteiger partial charge in [0.15, 0.2) is 0 Å². The van der Waals surface area contributed by atoms with Crippen LogP contribution >= 0.6 is 0 Å². The molecule has 1 atom stereocenters. The normalized spacial score (nSPS) is 30.7. The SMILES string of the molecule is CCN1CCC(CNC2CCC2)C1. The molecule has 0 radical (unpaired) electrons. The summed E-state index contributed by atoms with van der Waals surface area (Å²) in [4.78, 5) is 2.56. The van der Waals surface area contributed by atoms with Gasteiger partial charge in [-0.25, -0.2) is 0 Å². The molecule has 1 saturated heterocycles. The highest BCUT2D eigenvalue weighted by molar-refractivity contribution is 4.81. The highest BCUT2D eigenvalue weighted by Crippen LogP contribution is 2.20. The molecule has 2 heteroatoms. The van der Waals surface area contributed by atoms with Crippen LogP contribution in [0, 0.1) is 5.92 Å². The molecular weight excluding hydrogens is 160 g/mol. The second kappa shape index (κ2) is 4.43. The lowest BCUT2D eigenvalue weighted by molar-refractivity contribution is 0.303. The van der Waals surface area contributed by atoms with Crippen molar-refractivity contribution in [1.29, 1.82) is 0 Å². The zero-order chi connectivity index (χ0) is 9.10. The second-order valence-electron chi connectivity index (χ2n) is 4.58. The lowest BCUT2D eigenvalue weighted by Gasteiger charge is -2.28. The van der Waals surface area contributed by atoms with E-state index in [4.69, 9.17) is 0 Å². The molecule has 0 aromatic rings. The first kappa shape index (κ1) is 9.47. The van der Waals surface area contributed by atoms with E-state index in [1.54, 1.807) is 0 Å². The first-order chi connectivity index (χ1) is 6.38. The van der Waals surface area contributed by atoms with Crippen molar-refractivity contribution in [2.45, 2.75) is 38.6 Å². The molecule has 0 bridgehead atoms. The average Bonchev–Trinajstić information content (AvgIpc) is 2.49. The van der Waals surface area contributed by atoms with E-state index >= 15 is 0 Å². The Balaban J connectivity index is 1.59. The molecule has 2 aliphatic rings. The van der Waals surface area contributed by atoms with Crippen molar-refractivity contribution in [3.63, 3.8) is 0 Å². The van der Waals surface area contributed by atoms with Crippen LogP contribution in [0.1, 0.15) is 32.6 Å². The van der Waals surface area contributed by atoms with Gasteiger partial charge in [0.2, 0.25) is 0 Å². The topological polar surface area (TPSA) is 15.3 Å². The van der Waals surface area contributed by atoms with Crippen molar-refractivity contribution < 1.29 is 0 Å². The summed E-state index contributed by atoms with van der Waals surface area (Å²) in [6, 6.07) is 0.871. The third kappa shape index (κ3) is 2.44. The molecule has 76 valence electrons. The molecule has 0 spiro atoms. The van der Waals surface area contributed by atoms with Crippen molar-refractivity contribution in [3.05, 3.63) is 0 Å². The van der Waals surface area contributed by atoms with Crippen LogP contribution in [0.2, 0.25) is 0 Å². The molecule has 2 rings (SSSR count). The van der Waals surface area contributed by atoms with E-state index in [-0.39, 0.29) is 0 Å². The molecule has 1 aliphatic heterocycles. The molecule has 0 aromatic heterocycles. The Morgan fingerprint density at radius 3 is 2.69 bits per heavy atom. The van der Waals surface area contributed by atoms with Gasteiger partial charge in [-0.1, -0.05) is 13.3 Å². The highest BCUT2D eigenvalue weighted by Gasteiger charge is 2.23. The lowest BCUT2D eigenvalue weighted by atomic mass is 9.92. The maximum Gasteiger partial charge on any atom is 0.00672 e. The van der Waals surface area contributed by atoms with Crippen LogP contribution in [0.4, 0.5) is 0 Å². The summed E-state index contributed by atoms with van der Waals surface area (Å²) in [7, 11) is 0. The predicted molar refractivity (Wildman–Crippen MR) is 55.9 cm³/mol. The summed E-state index contributed by atoms with van der Waals surface area (Å²) >= 11 is 0. The fraction of sp³-hybridized carbons (Fsp3) is 1.00. The van der Waals surface area contributed by atoms with Gasteiger partial charge in [-0.05, 0) is 44.8 Å². The predicted octanol–water partition coefficient (Wildman–Crippen LogP) is 1.47. The van der Waals surface area contributed by atoms with Crippen molar-refractivity contribution in [2.75, 3.05) is 26.2 Å². The summed E-state index contributed by atoms with van der Waals surface area (Å²) in [6.45, 7) is 7.42. The first-order valence-corrected chi connectivity index (χ1v) is 5.84. The van der Waals surface area contributed by atoms with Gasteiger partial charge in [0.1, 0.15) is 0 Å². The second-order valence-corrected chi connectivity index (χ2v) is 4.58. The minimum Gasteiger partial charge on any atom is -0.314 e. The quantitative estimate of drug-likeness (QED) is 0.708. The summed E-state index contributed by atoms with van der Waals surface area (Å²) in [6.07, 6.45) is 5.70. The van der Waals surface area contributed by atoms with E-state index in [0.717, 1.165) is 12.0 Å². The van der Waals surface area contributed by atoms with E-state index in [1.165, 1.54) is 51.9 Å². The Kier molecular flexibility index (Phi) is 3.23. The van der Waals surface area contributed by atoms with Crippen LogP contribution < -0.4 is 5.32 Å². The molecule has 0 aromatic carbocycles. The molecule has 1 N–H and O–H groups in total. The minimum absolute atomic E-state index is 0.871. The monoisotopic (exact) mass is 182 g/mol. The van der Waals surface area contributed by atoms with Crippen LogP contribution in [-0.4, -0.2) is 37.1 Å². The summed E-state index contributed by atoms with van der Waals surface area (Å²) in [5.41, 5.74) is 0. The van der Waals surface area contributed by atoms with Gasteiger partial charge in [0, 0.05) is 12.6 Å². The maximum atomic E-state index is 3.68. The van der Waals surface area contributed by atoms with Gasteiger partial charge < -0.3 is 10.2 Å². The minimum atomic E-state index is 0.871. The molecule has 0 amide bonds. The van der Waals surface area contributed by atoms with Gasteiger partial charge in [0.25, 0.3) is 0 Å². The number of nitrogens with one attached hydrogen (secondary N) is 1. The third-order valence-corrected chi connectivity index (χ3v) is 3.62. The fourth-order valence-electron chi connectivity index (χ4n) is 2.31. The average molecular weight is 182 g/mol. The fourth-order valence-corrected chi connectivity index (χ4v) is 2.31. The van der Waals surface area contributed by atoms with Gasteiger partial charge in [0.05, 0.1) is 0 Å². The molecule has 2 nitrogen and oxygen atoms in total. The van der Waals surface area contributed by atoms with Crippen molar-refractivity contribution in [1.82, 2.24) is 10.2 Å². The Labute approximate surface area is 81.7 Å². The zero-order valence-electron chi connectivity index (χ0n) is 8.76.